The van der Waals surface area contributed by atoms with E-state index in [4.69, 9.17) is 22.0 Å². The molecule has 2 N–H and O–H groups in total. The summed E-state index contributed by atoms with van der Waals surface area (Å²) < 4.78 is 0. The van der Waals surface area contributed by atoms with E-state index in [2.05, 4.69) is 24.1 Å². The quantitative estimate of drug-likeness (QED) is 0.778. The Morgan fingerprint density at radius 3 is 2.83 bits per heavy atom. The van der Waals surface area contributed by atoms with Gasteiger partial charge in [-0.15, -0.1) is 0 Å². The normalized spacial score (nSPS) is 11.1. The van der Waals surface area contributed by atoms with Crippen LogP contribution in [0.25, 0.3) is 0 Å². The Labute approximate surface area is 113 Å². The summed E-state index contributed by atoms with van der Waals surface area (Å²) in [4.78, 5) is 4.12. The van der Waals surface area contributed by atoms with Crippen LogP contribution in [0, 0.1) is 16.7 Å². The van der Waals surface area contributed by atoms with Gasteiger partial charge in [0.25, 0.3) is 0 Å². The van der Waals surface area contributed by atoms with Crippen molar-refractivity contribution >= 4 is 17.4 Å². The zero-order valence-corrected chi connectivity index (χ0v) is 11.5. The first-order valence-electron chi connectivity index (χ1n) is 5.89. The third-order valence-corrected chi connectivity index (χ3v) is 2.88. The van der Waals surface area contributed by atoms with Gasteiger partial charge in [-0.1, -0.05) is 25.4 Å². The van der Waals surface area contributed by atoms with Crippen LogP contribution in [0.1, 0.15) is 32.3 Å². The minimum absolute atomic E-state index is 0.0551. The Morgan fingerprint density at radius 1 is 1.50 bits per heavy atom. The summed E-state index contributed by atoms with van der Waals surface area (Å²) in [7, 11) is 0. The Bertz CT molecular complexity index is 440. The molecule has 0 amide bonds. The summed E-state index contributed by atoms with van der Waals surface area (Å²) >= 11 is 5.83. The molecule has 0 aromatic carbocycles. The summed E-state index contributed by atoms with van der Waals surface area (Å²) in [5.41, 5.74) is 0.546. The van der Waals surface area contributed by atoms with E-state index in [0.29, 0.717) is 23.1 Å². The first-order valence-corrected chi connectivity index (χ1v) is 6.27. The highest BCUT2D eigenvalue weighted by Crippen LogP contribution is 2.23. The van der Waals surface area contributed by atoms with Gasteiger partial charge in [-0.05, 0) is 30.4 Å². The van der Waals surface area contributed by atoms with Crippen molar-refractivity contribution in [2.24, 2.45) is 5.41 Å². The number of aliphatic hydroxyl groups excluding tert-OH is 1. The molecule has 0 radical (unpaired) electrons. The number of halogens is 1. The van der Waals surface area contributed by atoms with Crippen LogP contribution in [0.5, 0.6) is 0 Å². The number of nitrogens with one attached hydrogen (secondary N) is 1. The number of aromatic nitrogens is 1. The smallest absolute Gasteiger partial charge is 0.132 e. The predicted molar refractivity (Wildman–Crippen MR) is 72.6 cm³/mol. The van der Waals surface area contributed by atoms with Gasteiger partial charge in [0, 0.05) is 13.2 Å². The summed E-state index contributed by atoms with van der Waals surface area (Å²) in [6.07, 6.45) is 1.70. The van der Waals surface area contributed by atoms with Crippen LogP contribution in [-0.4, -0.2) is 23.2 Å². The van der Waals surface area contributed by atoms with Crippen molar-refractivity contribution in [3.8, 4) is 6.07 Å². The number of hydrogen-bond donors (Lipinski definition) is 2. The highest BCUT2D eigenvalue weighted by atomic mass is 35.5. The van der Waals surface area contributed by atoms with Gasteiger partial charge in [0.15, 0.2) is 0 Å². The van der Waals surface area contributed by atoms with Crippen LogP contribution in [0.2, 0.25) is 5.15 Å². The first-order chi connectivity index (χ1) is 8.46. The molecule has 1 heterocycles. The largest absolute Gasteiger partial charge is 0.396 e. The highest BCUT2D eigenvalue weighted by Gasteiger charge is 2.17. The zero-order valence-electron chi connectivity index (χ0n) is 10.7. The molecule has 0 spiro atoms. The Hall–Kier alpha value is -1.31. The maximum Gasteiger partial charge on any atom is 0.132 e. The number of nitriles is 1. The molecule has 0 aliphatic heterocycles. The van der Waals surface area contributed by atoms with Gasteiger partial charge < -0.3 is 10.4 Å². The summed E-state index contributed by atoms with van der Waals surface area (Å²) in [6, 6.07) is 5.25. The fraction of sp³-hybridized carbons (Fsp3) is 0.538. The predicted octanol–water partition coefficient (Wildman–Crippen LogP) is 2.82. The molecule has 1 rings (SSSR count). The average molecular weight is 268 g/mol. The van der Waals surface area contributed by atoms with Crippen molar-refractivity contribution in [2.45, 2.75) is 26.7 Å². The van der Waals surface area contributed by atoms with Gasteiger partial charge in [-0.25, -0.2) is 4.98 Å². The van der Waals surface area contributed by atoms with Crippen molar-refractivity contribution in [1.29, 1.82) is 5.26 Å². The van der Waals surface area contributed by atoms with Crippen LogP contribution in [-0.2, 0) is 0 Å². The summed E-state index contributed by atoms with van der Waals surface area (Å²) in [5.74, 6) is 0.608. The van der Waals surface area contributed by atoms with E-state index in [1.165, 1.54) is 6.07 Å². The molecule has 0 saturated heterocycles. The molecule has 0 aliphatic carbocycles. The number of hydrogen-bond acceptors (Lipinski definition) is 4. The van der Waals surface area contributed by atoms with E-state index >= 15 is 0 Å². The molecule has 0 unspecified atom stereocenters. The molecular formula is C13H18ClN3O. The van der Waals surface area contributed by atoms with Crippen molar-refractivity contribution in [1.82, 2.24) is 4.98 Å². The molecule has 18 heavy (non-hydrogen) atoms. The van der Waals surface area contributed by atoms with Gasteiger partial charge in [0.1, 0.15) is 11.0 Å². The van der Waals surface area contributed by atoms with Gasteiger partial charge in [-0.2, -0.15) is 5.26 Å². The van der Waals surface area contributed by atoms with Crippen LogP contribution in [0.15, 0.2) is 12.1 Å². The maximum atomic E-state index is 8.84. The summed E-state index contributed by atoms with van der Waals surface area (Å²) in [6.45, 7) is 5.15. The maximum absolute atomic E-state index is 8.84. The highest BCUT2D eigenvalue weighted by molar-refractivity contribution is 6.29. The van der Waals surface area contributed by atoms with Gasteiger partial charge in [-0.3, -0.25) is 0 Å². The minimum Gasteiger partial charge on any atom is -0.396 e. The molecule has 0 fully saturated rings. The second-order valence-corrected chi connectivity index (χ2v) is 5.41. The number of aliphatic hydroxyl groups is 1. The third kappa shape index (κ3) is 4.91. The molecule has 4 nitrogen and oxygen atoms in total. The van der Waals surface area contributed by atoms with E-state index in [1.54, 1.807) is 6.07 Å². The molecule has 0 atom stereocenters. The molecule has 1 aromatic rings. The van der Waals surface area contributed by atoms with Gasteiger partial charge in [0.05, 0.1) is 11.6 Å². The third-order valence-electron chi connectivity index (χ3n) is 2.68. The molecule has 0 bridgehead atoms. The lowest BCUT2D eigenvalue weighted by Crippen LogP contribution is -2.23. The Balaban J connectivity index is 2.63. The number of anilines is 1. The number of nitrogens with zero attached hydrogens (tertiary/aromatic N) is 2. The van der Waals surface area contributed by atoms with Crippen molar-refractivity contribution in [2.75, 3.05) is 18.5 Å². The van der Waals surface area contributed by atoms with Gasteiger partial charge in [0.2, 0.25) is 0 Å². The number of pyridine rings is 1. The summed E-state index contributed by atoms with van der Waals surface area (Å²) in [5, 5.41) is 21.2. The van der Waals surface area contributed by atoms with Crippen LogP contribution >= 0.6 is 11.6 Å². The van der Waals surface area contributed by atoms with E-state index < -0.39 is 0 Å². The Morgan fingerprint density at radius 2 is 2.22 bits per heavy atom. The SMILES string of the molecule is CC(C)(CCCO)CNc1cc(C#N)cc(Cl)n1. The van der Waals surface area contributed by atoms with Crippen LogP contribution < -0.4 is 5.32 Å². The van der Waals surface area contributed by atoms with Crippen molar-refractivity contribution < 1.29 is 5.11 Å². The van der Waals surface area contributed by atoms with Crippen molar-refractivity contribution in [3.05, 3.63) is 22.8 Å². The lowest BCUT2D eigenvalue weighted by molar-refractivity contribution is 0.248. The van der Waals surface area contributed by atoms with E-state index in [-0.39, 0.29) is 12.0 Å². The molecule has 0 aliphatic rings. The molecule has 5 heteroatoms. The lowest BCUT2D eigenvalue weighted by atomic mass is 9.88. The minimum atomic E-state index is 0.0551. The monoisotopic (exact) mass is 267 g/mol. The fourth-order valence-electron chi connectivity index (χ4n) is 1.63. The molecule has 98 valence electrons. The average Bonchev–Trinajstić information content (AvgIpc) is 2.33. The van der Waals surface area contributed by atoms with Crippen molar-refractivity contribution in [3.63, 3.8) is 0 Å². The van der Waals surface area contributed by atoms with Crippen LogP contribution in [0.3, 0.4) is 0 Å². The van der Waals surface area contributed by atoms with Gasteiger partial charge >= 0.3 is 0 Å². The molecule has 0 saturated carbocycles. The Kier molecular flexibility index (Phi) is 5.39. The number of rotatable bonds is 6. The molecular weight excluding hydrogens is 250 g/mol. The topological polar surface area (TPSA) is 68.9 Å². The molecule has 1 aromatic heterocycles. The standard InChI is InChI=1S/C13H18ClN3O/c1-13(2,4-3-5-18)9-16-12-7-10(8-15)6-11(14)17-12/h6-7,18H,3-5,9H2,1-2H3,(H,16,17). The van der Waals surface area contributed by atoms with Crippen LogP contribution in [0.4, 0.5) is 5.82 Å². The lowest BCUT2D eigenvalue weighted by Gasteiger charge is -2.25. The second kappa shape index (κ2) is 6.58. The zero-order chi connectivity index (χ0) is 13.6. The second-order valence-electron chi connectivity index (χ2n) is 5.02. The fourth-order valence-corrected chi connectivity index (χ4v) is 1.84. The van der Waals surface area contributed by atoms with E-state index in [0.717, 1.165) is 12.8 Å². The van der Waals surface area contributed by atoms with E-state index in [1.807, 2.05) is 6.07 Å². The van der Waals surface area contributed by atoms with E-state index in [9.17, 15) is 0 Å². The first kappa shape index (κ1) is 14.7.